The molecule has 0 aliphatic carbocycles. The molecular weight excluding hydrogens is 270 g/mol. The molecule has 0 saturated heterocycles. The third-order valence-electron chi connectivity index (χ3n) is 3.19. The van der Waals surface area contributed by atoms with Crippen molar-refractivity contribution in [2.24, 2.45) is 0 Å². The van der Waals surface area contributed by atoms with Gasteiger partial charge in [-0.2, -0.15) is 0 Å². The molecule has 0 fully saturated rings. The second-order valence-electron chi connectivity index (χ2n) is 5.00. The molecule has 0 atom stereocenters. The monoisotopic (exact) mass is 289 g/mol. The van der Waals surface area contributed by atoms with Gasteiger partial charge in [-0.15, -0.1) is 11.3 Å². The zero-order valence-electron chi connectivity index (χ0n) is 12.2. The van der Waals surface area contributed by atoms with Crippen LogP contribution in [0.2, 0.25) is 0 Å². The molecule has 0 unspecified atom stereocenters. The molecule has 1 N–H and O–H groups in total. The van der Waals surface area contributed by atoms with Crippen LogP contribution >= 0.6 is 11.3 Å². The van der Waals surface area contributed by atoms with Crippen LogP contribution in [-0.4, -0.2) is 13.0 Å². The van der Waals surface area contributed by atoms with E-state index in [1.54, 1.807) is 7.11 Å². The summed E-state index contributed by atoms with van der Waals surface area (Å²) in [5.74, 6) is 1.14. The van der Waals surface area contributed by atoms with Crippen molar-refractivity contribution in [1.29, 1.82) is 0 Å². The Labute approximate surface area is 123 Å². The minimum absolute atomic E-state index is 0.0667. The molecule has 0 bridgehead atoms. The van der Waals surface area contributed by atoms with Crippen LogP contribution in [0.5, 0.6) is 5.75 Å². The number of amides is 1. The van der Waals surface area contributed by atoms with Gasteiger partial charge in [-0.05, 0) is 47.5 Å². The number of hydrogen-bond acceptors (Lipinski definition) is 3. The van der Waals surface area contributed by atoms with E-state index in [0.717, 1.165) is 22.6 Å². The van der Waals surface area contributed by atoms with Gasteiger partial charge in [-0.1, -0.05) is 19.9 Å². The molecule has 0 spiro atoms. The van der Waals surface area contributed by atoms with E-state index in [4.69, 9.17) is 4.74 Å². The van der Waals surface area contributed by atoms with Crippen LogP contribution < -0.4 is 10.1 Å². The minimum Gasteiger partial charge on any atom is -0.496 e. The Bertz CT molecular complexity index is 603. The summed E-state index contributed by atoms with van der Waals surface area (Å²) in [6.07, 6.45) is 0. The SMILES string of the molecule is COc1cc(C)c(NC(=O)c2cccs2)cc1C(C)C. The highest BCUT2D eigenvalue weighted by atomic mass is 32.1. The summed E-state index contributed by atoms with van der Waals surface area (Å²) in [4.78, 5) is 12.8. The number of ether oxygens (including phenoxy) is 1. The van der Waals surface area contributed by atoms with E-state index >= 15 is 0 Å². The van der Waals surface area contributed by atoms with Crippen LogP contribution in [0, 0.1) is 6.92 Å². The van der Waals surface area contributed by atoms with Crippen molar-refractivity contribution in [2.45, 2.75) is 26.7 Å². The molecule has 0 saturated carbocycles. The fraction of sp³-hybridized carbons (Fsp3) is 0.312. The molecule has 0 aliphatic heterocycles. The second kappa shape index (κ2) is 6.09. The van der Waals surface area contributed by atoms with Gasteiger partial charge < -0.3 is 10.1 Å². The molecule has 1 heterocycles. The van der Waals surface area contributed by atoms with Gasteiger partial charge in [-0.3, -0.25) is 4.79 Å². The lowest BCUT2D eigenvalue weighted by Gasteiger charge is -2.16. The van der Waals surface area contributed by atoms with E-state index in [1.807, 2.05) is 36.6 Å². The Kier molecular flexibility index (Phi) is 4.45. The van der Waals surface area contributed by atoms with Crippen LogP contribution in [-0.2, 0) is 0 Å². The molecule has 1 amide bonds. The lowest BCUT2D eigenvalue weighted by atomic mass is 9.99. The lowest BCUT2D eigenvalue weighted by molar-refractivity contribution is 0.103. The Morgan fingerprint density at radius 3 is 2.65 bits per heavy atom. The Hall–Kier alpha value is -1.81. The second-order valence-corrected chi connectivity index (χ2v) is 5.94. The highest BCUT2D eigenvalue weighted by Crippen LogP contribution is 2.32. The molecular formula is C16H19NO2S. The maximum Gasteiger partial charge on any atom is 0.265 e. The molecule has 106 valence electrons. The van der Waals surface area contributed by atoms with Crippen LogP contribution in [0.15, 0.2) is 29.6 Å². The molecule has 0 radical (unpaired) electrons. The average Bonchev–Trinajstić information content (AvgIpc) is 2.94. The first-order valence-electron chi connectivity index (χ1n) is 6.56. The summed E-state index contributed by atoms with van der Waals surface area (Å²) < 4.78 is 5.41. The molecule has 2 aromatic rings. The molecule has 1 aromatic heterocycles. The van der Waals surface area contributed by atoms with Crippen molar-refractivity contribution in [1.82, 2.24) is 0 Å². The fourth-order valence-corrected chi connectivity index (χ4v) is 2.67. The van der Waals surface area contributed by atoms with Gasteiger partial charge in [-0.25, -0.2) is 0 Å². The number of carbonyl (C=O) groups is 1. The van der Waals surface area contributed by atoms with Crippen LogP contribution in [0.1, 0.15) is 40.6 Å². The van der Waals surface area contributed by atoms with Crippen LogP contribution in [0.4, 0.5) is 5.69 Å². The molecule has 3 nitrogen and oxygen atoms in total. The summed E-state index contributed by atoms with van der Waals surface area (Å²) >= 11 is 1.44. The number of hydrogen-bond donors (Lipinski definition) is 1. The van der Waals surface area contributed by atoms with Gasteiger partial charge in [0.25, 0.3) is 5.91 Å². The third kappa shape index (κ3) is 3.02. The Morgan fingerprint density at radius 2 is 2.10 bits per heavy atom. The van der Waals surface area contributed by atoms with Crippen molar-refractivity contribution in [3.05, 3.63) is 45.6 Å². The maximum atomic E-state index is 12.1. The van der Waals surface area contributed by atoms with Gasteiger partial charge >= 0.3 is 0 Å². The summed E-state index contributed by atoms with van der Waals surface area (Å²) in [5.41, 5.74) is 2.93. The number of benzene rings is 1. The predicted octanol–water partition coefficient (Wildman–Crippen LogP) is 4.44. The third-order valence-corrected chi connectivity index (χ3v) is 4.06. The van der Waals surface area contributed by atoms with Crippen molar-refractivity contribution in [2.75, 3.05) is 12.4 Å². The normalized spacial score (nSPS) is 10.7. The summed E-state index contributed by atoms with van der Waals surface area (Å²) in [6.45, 7) is 6.19. The Balaban J connectivity index is 2.32. The number of methoxy groups -OCH3 is 1. The van der Waals surface area contributed by atoms with Gasteiger partial charge in [0.2, 0.25) is 0 Å². The van der Waals surface area contributed by atoms with Crippen molar-refractivity contribution in [3.63, 3.8) is 0 Å². The van der Waals surface area contributed by atoms with E-state index in [9.17, 15) is 4.79 Å². The van der Waals surface area contributed by atoms with Gasteiger partial charge in [0, 0.05) is 5.69 Å². The predicted molar refractivity (Wildman–Crippen MR) is 84.1 cm³/mol. The van der Waals surface area contributed by atoms with Crippen molar-refractivity contribution >= 4 is 22.9 Å². The minimum atomic E-state index is -0.0667. The average molecular weight is 289 g/mol. The zero-order chi connectivity index (χ0) is 14.7. The largest absolute Gasteiger partial charge is 0.496 e. The number of aryl methyl sites for hydroxylation is 1. The van der Waals surface area contributed by atoms with Crippen LogP contribution in [0.3, 0.4) is 0 Å². The van der Waals surface area contributed by atoms with E-state index in [2.05, 4.69) is 19.2 Å². The summed E-state index contributed by atoms with van der Waals surface area (Å²) in [6, 6.07) is 7.67. The maximum absolute atomic E-state index is 12.1. The van der Waals surface area contributed by atoms with Gasteiger partial charge in [0.05, 0.1) is 12.0 Å². The van der Waals surface area contributed by atoms with Crippen molar-refractivity contribution in [3.8, 4) is 5.75 Å². The van der Waals surface area contributed by atoms with E-state index in [-0.39, 0.29) is 5.91 Å². The molecule has 1 aromatic carbocycles. The van der Waals surface area contributed by atoms with Crippen molar-refractivity contribution < 1.29 is 9.53 Å². The topological polar surface area (TPSA) is 38.3 Å². The van der Waals surface area contributed by atoms with Gasteiger partial charge in [0.15, 0.2) is 0 Å². The summed E-state index contributed by atoms with van der Waals surface area (Å²) in [5, 5.41) is 4.87. The summed E-state index contributed by atoms with van der Waals surface area (Å²) in [7, 11) is 1.67. The highest BCUT2D eigenvalue weighted by molar-refractivity contribution is 7.12. The quantitative estimate of drug-likeness (QED) is 0.903. The zero-order valence-corrected chi connectivity index (χ0v) is 13.0. The first kappa shape index (κ1) is 14.6. The smallest absolute Gasteiger partial charge is 0.265 e. The molecule has 0 aliphatic rings. The van der Waals surface area contributed by atoms with E-state index in [0.29, 0.717) is 10.8 Å². The molecule has 2 rings (SSSR count). The van der Waals surface area contributed by atoms with E-state index < -0.39 is 0 Å². The number of anilines is 1. The fourth-order valence-electron chi connectivity index (χ4n) is 2.05. The standard InChI is InChI=1S/C16H19NO2S/c1-10(2)12-9-13(11(3)8-14(12)19-4)17-16(18)15-6-5-7-20-15/h5-10H,1-4H3,(H,17,18). The number of thiophene rings is 1. The highest BCUT2D eigenvalue weighted by Gasteiger charge is 2.14. The van der Waals surface area contributed by atoms with Crippen LogP contribution in [0.25, 0.3) is 0 Å². The number of carbonyl (C=O) groups excluding carboxylic acids is 1. The lowest BCUT2D eigenvalue weighted by Crippen LogP contribution is -2.12. The molecule has 4 heteroatoms. The van der Waals surface area contributed by atoms with E-state index in [1.165, 1.54) is 11.3 Å². The number of nitrogens with one attached hydrogen (secondary N) is 1. The Morgan fingerprint density at radius 1 is 1.35 bits per heavy atom. The first-order chi connectivity index (χ1) is 9.52. The molecule has 20 heavy (non-hydrogen) atoms. The first-order valence-corrected chi connectivity index (χ1v) is 7.44. The van der Waals surface area contributed by atoms with Gasteiger partial charge in [0.1, 0.15) is 5.75 Å². The number of rotatable bonds is 4.